The van der Waals surface area contributed by atoms with Gasteiger partial charge in [-0.2, -0.15) is 13.6 Å². The Bertz CT molecular complexity index is 2240. The summed E-state index contributed by atoms with van der Waals surface area (Å²) in [6.07, 6.45) is -7.96. The molecule has 0 bridgehead atoms. The lowest BCUT2D eigenvalue weighted by Crippen LogP contribution is -2.44. The number of hydrogen-bond acceptors (Lipinski definition) is 19. The molecule has 0 radical (unpaired) electrons. The summed E-state index contributed by atoms with van der Waals surface area (Å²) in [6.45, 7) is -1.88. The van der Waals surface area contributed by atoms with Crippen LogP contribution >= 0.6 is 23.5 Å². The molecule has 4 aromatic rings. The van der Waals surface area contributed by atoms with Crippen molar-refractivity contribution >= 4 is 57.7 Å². The maximum Gasteiger partial charge on any atom is 0.490 e. The van der Waals surface area contributed by atoms with Gasteiger partial charge in [0.05, 0.1) is 32.7 Å². The second kappa shape index (κ2) is 13.5. The monoisotopic (exact) mass is 787 g/mol. The van der Waals surface area contributed by atoms with Crippen molar-refractivity contribution in [2.75, 3.05) is 24.7 Å². The Hall–Kier alpha value is -3.49. The lowest BCUT2D eigenvalue weighted by atomic mass is 10.1. The molecule has 2 fully saturated rings. The lowest BCUT2D eigenvalue weighted by molar-refractivity contribution is -0.745. The predicted molar refractivity (Wildman–Crippen MR) is 163 cm³/mol. The second-order valence-electron chi connectivity index (χ2n) is 11.2. The minimum atomic E-state index is -5.92. The predicted octanol–water partition coefficient (Wildman–Crippen LogP) is -3.52. The van der Waals surface area contributed by atoms with Gasteiger partial charge in [-0.05, 0) is 0 Å². The van der Waals surface area contributed by atoms with Crippen LogP contribution in [0, 0.1) is 0 Å². The summed E-state index contributed by atoms with van der Waals surface area (Å²) >= 11 is 0. The van der Waals surface area contributed by atoms with Crippen LogP contribution in [-0.2, 0) is 47.9 Å². The number of ether oxygens (including phenoxy) is 2. The molecule has 10 atom stereocenters. The first-order valence-electron chi connectivity index (χ1n) is 14.3. The number of nitrogens with one attached hydrogen (secondary N) is 2. The fraction of sp³-hybridized carbons (Fsp3) is 0.524. The molecule has 3 unspecified atom stereocenters. The number of rotatable bonds is 12. The number of phosphoric acid groups is 3. The van der Waals surface area contributed by atoms with Gasteiger partial charge in [0.15, 0.2) is 23.7 Å². The van der Waals surface area contributed by atoms with Gasteiger partial charge in [-0.1, -0.05) is 4.98 Å². The molecule has 0 saturated carbocycles. The zero-order valence-corrected chi connectivity index (χ0v) is 28.4. The minimum Gasteiger partial charge on any atom is -0.387 e. The third-order valence-electron chi connectivity index (χ3n) is 7.53. The van der Waals surface area contributed by atoms with Crippen LogP contribution < -0.4 is 27.2 Å². The van der Waals surface area contributed by atoms with Gasteiger partial charge in [-0.3, -0.25) is 37.7 Å². The third kappa shape index (κ3) is 7.68. The molecule has 0 aromatic carbocycles. The number of nitrogens with zero attached hydrogens (tertiary/aromatic N) is 6. The van der Waals surface area contributed by atoms with Crippen LogP contribution in [0.4, 0.5) is 11.9 Å². The van der Waals surface area contributed by atoms with Crippen LogP contribution in [0.3, 0.4) is 0 Å². The number of aromatic nitrogens is 8. The number of aliphatic hydroxyl groups is 3. The van der Waals surface area contributed by atoms with E-state index in [0.717, 1.165) is 10.9 Å². The summed E-state index contributed by atoms with van der Waals surface area (Å²) < 4.78 is 69.6. The van der Waals surface area contributed by atoms with Crippen LogP contribution in [0.1, 0.15) is 18.9 Å². The summed E-state index contributed by atoms with van der Waals surface area (Å²) in [4.78, 5) is 70.7. The molecule has 0 spiro atoms. The van der Waals surface area contributed by atoms with E-state index in [9.17, 15) is 53.3 Å². The van der Waals surface area contributed by atoms with Crippen molar-refractivity contribution in [1.82, 2.24) is 34.1 Å². The standard InChI is InChI=1S/C21H29N10O17P3/c1-29-6-31(15-11(29)17(36)28-21(23)26-15)18-8(32)2-7(45-18)3-43-49(37,38)47-51(41,42)48-50(39,40)44-4-9-12(33)13(34)19(46-9)30-5-24-10-14(30)25-20(22)27-16(10)35/h5-9,12-13,18-19,32-34H,2-4H2,1H3,(H8-,22,23,25,26,27,28,35,36,37,38,39,40,41,42)/p+1/t7-,8+,9+,12+,13+,18+,19+/m0/s1. The summed E-state index contributed by atoms with van der Waals surface area (Å²) in [5.74, 6) is -0.514. The number of H-pyrrole nitrogens is 2. The van der Waals surface area contributed by atoms with Crippen molar-refractivity contribution in [3.05, 3.63) is 33.4 Å². The fourth-order valence-corrected chi connectivity index (χ4v) is 8.98. The average molecular weight is 787 g/mol. The first-order chi connectivity index (χ1) is 23.7. The number of fused-ring (bicyclic) bond motifs is 2. The maximum atomic E-state index is 12.5. The van der Waals surface area contributed by atoms with Gasteiger partial charge in [0.2, 0.25) is 17.7 Å². The number of aromatic amines is 2. The second-order valence-corrected chi connectivity index (χ2v) is 15.8. The van der Waals surface area contributed by atoms with E-state index in [-0.39, 0.29) is 40.6 Å². The average Bonchev–Trinajstić information content (AvgIpc) is 3.74. The van der Waals surface area contributed by atoms with Crippen molar-refractivity contribution in [2.45, 2.75) is 49.4 Å². The zero-order chi connectivity index (χ0) is 37.2. The van der Waals surface area contributed by atoms with E-state index in [4.69, 9.17) is 20.9 Å². The first kappa shape index (κ1) is 37.3. The number of nitrogens with two attached hydrogens (primary N) is 2. The number of aryl methyl sites for hydroxylation is 1. The Morgan fingerprint density at radius 2 is 1.57 bits per heavy atom. The van der Waals surface area contributed by atoms with E-state index in [1.54, 1.807) is 0 Å². The van der Waals surface area contributed by atoms with Gasteiger partial charge in [0.25, 0.3) is 17.1 Å². The number of phosphoric ester groups is 2. The SMILES string of the molecule is Cn1c[n+]([C@@H]2O[C@H](COP(=O)(O)OP(=O)(O)OP(=O)(O)OC[C@H]3O[C@@H](n4cnc5c(=O)[nH]c(N)nc54)[C@H](O)[C@@H]3O)C[C@H]2O)c2nc(N)[nH]c(=O)c21. The third-order valence-corrected chi connectivity index (χ3v) is 11.8. The van der Waals surface area contributed by atoms with Gasteiger partial charge < -0.3 is 50.9 Å². The normalized spacial score (nSPS) is 29.0. The molecule has 280 valence electrons. The summed E-state index contributed by atoms with van der Waals surface area (Å²) in [5.41, 5.74) is 9.70. The summed E-state index contributed by atoms with van der Waals surface area (Å²) in [6, 6.07) is 0. The van der Waals surface area contributed by atoms with Crippen LogP contribution in [0.15, 0.2) is 22.2 Å². The first-order valence-corrected chi connectivity index (χ1v) is 18.8. The van der Waals surface area contributed by atoms with Crippen molar-refractivity contribution in [2.24, 2.45) is 7.05 Å². The molecule has 27 nitrogen and oxygen atoms in total. The fourth-order valence-electron chi connectivity index (χ4n) is 5.44. The molecule has 51 heavy (non-hydrogen) atoms. The van der Waals surface area contributed by atoms with Gasteiger partial charge in [-0.25, -0.2) is 23.2 Å². The Balaban J connectivity index is 1.03. The Morgan fingerprint density at radius 3 is 2.25 bits per heavy atom. The number of hydrogen-bond donors (Lipinski definition) is 10. The van der Waals surface area contributed by atoms with E-state index < -0.39 is 90.8 Å². The van der Waals surface area contributed by atoms with Crippen LogP contribution in [0.2, 0.25) is 0 Å². The molecule has 0 amide bonds. The molecule has 12 N–H and O–H groups in total. The van der Waals surface area contributed by atoms with E-state index >= 15 is 0 Å². The number of anilines is 2. The molecule has 6 heterocycles. The van der Waals surface area contributed by atoms with Gasteiger partial charge in [0.1, 0.15) is 24.4 Å². The Morgan fingerprint density at radius 1 is 0.941 bits per heavy atom. The molecule has 30 heteroatoms. The quantitative estimate of drug-likeness (QED) is 0.0491. The van der Waals surface area contributed by atoms with Crippen molar-refractivity contribution in [3.63, 3.8) is 0 Å². The summed E-state index contributed by atoms with van der Waals surface area (Å²) in [7, 11) is -15.6. The molecule has 2 aliphatic heterocycles. The van der Waals surface area contributed by atoms with Crippen molar-refractivity contribution in [1.29, 1.82) is 0 Å². The largest absolute Gasteiger partial charge is 0.490 e. The smallest absolute Gasteiger partial charge is 0.387 e. The highest BCUT2D eigenvalue weighted by Crippen LogP contribution is 2.67. The van der Waals surface area contributed by atoms with Gasteiger partial charge in [-0.15, -0.1) is 0 Å². The molecular weight excluding hydrogens is 757 g/mol. The van der Waals surface area contributed by atoms with E-state index in [2.05, 4.69) is 42.6 Å². The topological polar surface area (TPSA) is 398 Å². The highest BCUT2D eigenvalue weighted by atomic mass is 31.3. The van der Waals surface area contributed by atoms with Crippen LogP contribution in [0.25, 0.3) is 22.3 Å². The number of imidazole rings is 2. The maximum absolute atomic E-state index is 12.5. The van der Waals surface area contributed by atoms with E-state index in [0.29, 0.717) is 0 Å². The summed E-state index contributed by atoms with van der Waals surface area (Å²) in [5, 5.41) is 31.5. The molecule has 2 saturated heterocycles. The Labute approximate surface area is 281 Å². The Kier molecular flexibility index (Phi) is 9.86. The highest BCUT2D eigenvalue weighted by molar-refractivity contribution is 7.66. The van der Waals surface area contributed by atoms with Gasteiger partial charge >= 0.3 is 29.1 Å². The molecule has 0 aliphatic carbocycles. The number of aliphatic hydroxyl groups excluding tert-OH is 3. The van der Waals surface area contributed by atoms with Crippen molar-refractivity contribution in [3.8, 4) is 0 Å². The van der Waals surface area contributed by atoms with Crippen LogP contribution in [-0.4, -0.2) is 108 Å². The lowest BCUT2D eigenvalue weighted by Gasteiger charge is -2.20. The molecule has 4 aromatic heterocycles. The number of nitrogen functional groups attached to an aromatic ring is 2. The molecule has 6 rings (SSSR count). The zero-order valence-electron chi connectivity index (χ0n) is 25.7. The van der Waals surface area contributed by atoms with Crippen LogP contribution in [0.5, 0.6) is 0 Å². The highest BCUT2D eigenvalue weighted by Gasteiger charge is 2.48. The molecular formula is C21H30N10O17P3+. The van der Waals surface area contributed by atoms with Crippen molar-refractivity contribution < 1.29 is 75.4 Å². The van der Waals surface area contributed by atoms with Gasteiger partial charge in [0, 0.05) is 6.42 Å². The minimum absolute atomic E-state index is 0.0482. The molecule has 2 aliphatic rings. The van der Waals surface area contributed by atoms with E-state index in [1.165, 1.54) is 22.5 Å². The van der Waals surface area contributed by atoms with E-state index in [1.807, 2.05) is 0 Å².